The lowest BCUT2D eigenvalue weighted by atomic mass is 9.91. The fourth-order valence-electron chi connectivity index (χ4n) is 6.04. The molecule has 0 aliphatic heterocycles. The normalized spacial score (nSPS) is 12.9. The van der Waals surface area contributed by atoms with Crippen molar-refractivity contribution in [3.8, 4) is 33.4 Å². The summed E-state index contributed by atoms with van der Waals surface area (Å²) in [5, 5.41) is 3.80. The molecule has 2 unspecified atom stereocenters. The van der Waals surface area contributed by atoms with Crippen LogP contribution in [0.1, 0.15) is 53.9 Å². The van der Waals surface area contributed by atoms with E-state index >= 15 is 0 Å². The number of rotatable bonds is 9. The molecule has 0 amide bonds. The van der Waals surface area contributed by atoms with Gasteiger partial charge in [0.15, 0.2) is 0 Å². The maximum absolute atomic E-state index is 5.22. The lowest BCUT2D eigenvalue weighted by molar-refractivity contribution is 0.481. The molecule has 1 N–H and O–H groups in total. The quantitative estimate of drug-likeness (QED) is 0.168. The third kappa shape index (κ3) is 7.03. The Kier molecular flexibility index (Phi) is 9.14. The van der Waals surface area contributed by atoms with E-state index in [1.807, 2.05) is 6.07 Å². The molecule has 6 aromatic carbocycles. The zero-order chi connectivity index (χ0) is 31.2. The molecule has 0 radical (unpaired) electrons. The summed E-state index contributed by atoms with van der Waals surface area (Å²) >= 11 is 0. The minimum Gasteiger partial charge on any atom is -0.285 e. The maximum Gasteiger partial charge on any atom is 0.126 e. The maximum atomic E-state index is 5.22. The molecule has 222 valence electrons. The molecule has 6 rings (SSSR count). The molecule has 2 nitrogen and oxygen atoms in total. The van der Waals surface area contributed by atoms with E-state index in [2.05, 4.69) is 179 Å². The fourth-order valence-corrected chi connectivity index (χ4v) is 6.04. The summed E-state index contributed by atoms with van der Waals surface area (Å²) in [6.07, 6.45) is -0.187. The van der Waals surface area contributed by atoms with Crippen molar-refractivity contribution in [3.05, 3.63) is 179 Å². The van der Waals surface area contributed by atoms with Gasteiger partial charge in [-0.3, -0.25) is 10.3 Å². The van der Waals surface area contributed by atoms with Crippen LogP contribution >= 0.6 is 0 Å². The van der Waals surface area contributed by atoms with Crippen molar-refractivity contribution >= 4 is 5.71 Å². The van der Waals surface area contributed by atoms with Crippen molar-refractivity contribution < 1.29 is 0 Å². The molecule has 2 atom stereocenters. The van der Waals surface area contributed by atoms with Crippen LogP contribution in [0, 0.1) is 13.8 Å². The second-order valence-corrected chi connectivity index (χ2v) is 11.8. The van der Waals surface area contributed by atoms with Crippen LogP contribution in [0.25, 0.3) is 33.4 Å². The molecular formula is C43H40N2. The smallest absolute Gasteiger partial charge is 0.126 e. The zero-order valence-corrected chi connectivity index (χ0v) is 26.5. The van der Waals surface area contributed by atoms with E-state index in [0.717, 1.165) is 16.8 Å². The van der Waals surface area contributed by atoms with E-state index in [-0.39, 0.29) is 12.2 Å². The highest BCUT2D eigenvalue weighted by Gasteiger charge is 2.17. The molecule has 0 aliphatic carbocycles. The molecule has 0 bridgehead atoms. The average molecular weight is 585 g/mol. The lowest BCUT2D eigenvalue weighted by Crippen LogP contribution is -2.24. The number of aliphatic imine (C=N–C) groups is 1. The van der Waals surface area contributed by atoms with Gasteiger partial charge in [-0.25, -0.2) is 0 Å². The third-order valence-electron chi connectivity index (χ3n) is 8.61. The van der Waals surface area contributed by atoms with E-state index < -0.39 is 0 Å². The molecule has 0 spiro atoms. The minimum atomic E-state index is -0.187. The highest BCUT2D eigenvalue weighted by molar-refractivity contribution is 5.98. The Morgan fingerprint density at radius 3 is 1.69 bits per heavy atom. The molecule has 0 heterocycles. The Morgan fingerprint density at radius 1 is 0.511 bits per heavy atom. The first-order valence-corrected chi connectivity index (χ1v) is 15.7. The van der Waals surface area contributed by atoms with Crippen LogP contribution in [0.2, 0.25) is 0 Å². The summed E-state index contributed by atoms with van der Waals surface area (Å²) in [7, 11) is 0. The highest BCUT2D eigenvalue weighted by atomic mass is 15.1. The van der Waals surface area contributed by atoms with Gasteiger partial charge in [0, 0.05) is 11.8 Å². The summed E-state index contributed by atoms with van der Waals surface area (Å²) in [6.45, 7) is 8.73. The first-order valence-electron chi connectivity index (χ1n) is 15.7. The van der Waals surface area contributed by atoms with Gasteiger partial charge in [0.1, 0.15) is 6.17 Å². The van der Waals surface area contributed by atoms with Crippen molar-refractivity contribution in [2.75, 3.05) is 0 Å². The second kappa shape index (κ2) is 13.7. The number of hydrogen-bond donors (Lipinski definition) is 1. The monoisotopic (exact) mass is 584 g/mol. The summed E-state index contributed by atoms with van der Waals surface area (Å²) in [5.74, 6) is 0. The number of nitrogens with zero attached hydrogens (tertiary/aromatic N) is 1. The summed E-state index contributed by atoms with van der Waals surface area (Å²) < 4.78 is 0. The van der Waals surface area contributed by atoms with Crippen molar-refractivity contribution in [1.82, 2.24) is 5.32 Å². The minimum absolute atomic E-state index is 0.138. The Morgan fingerprint density at radius 2 is 1.04 bits per heavy atom. The Balaban J connectivity index is 1.30. The number of aryl methyl sites for hydroxylation is 2. The van der Waals surface area contributed by atoms with Crippen LogP contribution in [0.4, 0.5) is 0 Å². The van der Waals surface area contributed by atoms with E-state index in [0.29, 0.717) is 0 Å². The van der Waals surface area contributed by atoms with Crippen LogP contribution in [-0.2, 0) is 0 Å². The Labute approximate surface area is 268 Å². The van der Waals surface area contributed by atoms with Gasteiger partial charge in [-0.05, 0) is 95.0 Å². The summed E-state index contributed by atoms with van der Waals surface area (Å²) in [6, 6.07) is 54.1. The van der Waals surface area contributed by atoms with Crippen molar-refractivity contribution in [2.24, 2.45) is 4.99 Å². The topological polar surface area (TPSA) is 24.4 Å². The molecular weight excluding hydrogens is 544 g/mol. The van der Waals surface area contributed by atoms with Gasteiger partial charge in [0.05, 0.1) is 0 Å². The fraction of sp³-hybridized carbons (Fsp3) is 0.140. The largest absolute Gasteiger partial charge is 0.285 e. The molecule has 0 aromatic heterocycles. The molecule has 45 heavy (non-hydrogen) atoms. The molecule has 0 saturated carbocycles. The average Bonchev–Trinajstić information content (AvgIpc) is 3.09. The van der Waals surface area contributed by atoms with Crippen LogP contribution in [0.3, 0.4) is 0 Å². The Bertz CT molecular complexity index is 1910. The predicted molar refractivity (Wildman–Crippen MR) is 192 cm³/mol. The van der Waals surface area contributed by atoms with Gasteiger partial charge in [0.2, 0.25) is 0 Å². The van der Waals surface area contributed by atoms with Gasteiger partial charge in [-0.1, -0.05) is 146 Å². The number of nitrogens with one attached hydrogen (secondary N) is 1. The third-order valence-corrected chi connectivity index (χ3v) is 8.61. The zero-order valence-electron chi connectivity index (χ0n) is 26.5. The second-order valence-electron chi connectivity index (χ2n) is 11.8. The van der Waals surface area contributed by atoms with Gasteiger partial charge in [-0.15, -0.1) is 0 Å². The standard InChI is InChI=1S/C43H40N2/c1-30-27-39(38-22-14-21-37(29-38)36-19-12-7-13-20-36)23-25-41(30)42-26-24-40(28-31(42)2)43(44-32(3)34-15-8-5-9-16-34)45-33(4)35-17-10-6-11-18-35/h5-29,32,43-44H,1-4H3/b45-33+. The van der Waals surface area contributed by atoms with Crippen LogP contribution in [0.15, 0.2) is 157 Å². The van der Waals surface area contributed by atoms with E-state index in [9.17, 15) is 0 Å². The van der Waals surface area contributed by atoms with E-state index in [4.69, 9.17) is 4.99 Å². The lowest BCUT2D eigenvalue weighted by Gasteiger charge is -2.23. The van der Waals surface area contributed by atoms with Gasteiger partial charge >= 0.3 is 0 Å². The SMILES string of the molecule is C/C(=N\C(NC(C)c1ccccc1)c1ccc(-c2ccc(-c3cccc(-c4ccccc4)c3)cc2C)c(C)c1)c1ccccc1. The van der Waals surface area contributed by atoms with Crippen molar-refractivity contribution in [1.29, 1.82) is 0 Å². The molecule has 6 aromatic rings. The predicted octanol–water partition coefficient (Wildman–Crippen LogP) is 11.2. The highest BCUT2D eigenvalue weighted by Crippen LogP contribution is 2.34. The van der Waals surface area contributed by atoms with Crippen LogP contribution in [0.5, 0.6) is 0 Å². The van der Waals surface area contributed by atoms with Crippen molar-refractivity contribution in [3.63, 3.8) is 0 Å². The van der Waals surface area contributed by atoms with Crippen molar-refractivity contribution in [2.45, 2.75) is 39.9 Å². The van der Waals surface area contributed by atoms with Crippen LogP contribution in [-0.4, -0.2) is 5.71 Å². The summed E-state index contributed by atoms with van der Waals surface area (Å²) in [5.41, 5.74) is 14.5. The summed E-state index contributed by atoms with van der Waals surface area (Å²) in [4.78, 5) is 5.22. The number of benzene rings is 6. The molecule has 2 heteroatoms. The van der Waals surface area contributed by atoms with E-state index in [1.165, 1.54) is 50.1 Å². The molecule has 0 fully saturated rings. The molecule has 0 aliphatic rings. The van der Waals surface area contributed by atoms with Crippen LogP contribution < -0.4 is 5.32 Å². The first kappa shape index (κ1) is 30.0. The molecule has 0 saturated heterocycles. The van der Waals surface area contributed by atoms with Gasteiger partial charge in [0.25, 0.3) is 0 Å². The Hall–Kier alpha value is -5.05. The number of hydrogen-bond acceptors (Lipinski definition) is 2. The first-order chi connectivity index (χ1) is 22.0. The van der Waals surface area contributed by atoms with E-state index in [1.54, 1.807) is 0 Å². The van der Waals surface area contributed by atoms with Gasteiger partial charge in [-0.2, -0.15) is 0 Å². The van der Waals surface area contributed by atoms with Gasteiger partial charge < -0.3 is 0 Å².